The third kappa shape index (κ3) is 3.36. The number of thiophene rings is 1. The molecule has 1 heterocycles. The zero-order valence-corrected chi connectivity index (χ0v) is 8.99. The van der Waals surface area contributed by atoms with Crippen molar-refractivity contribution < 1.29 is 4.79 Å². The third-order valence-corrected chi connectivity index (χ3v) is 3.01. The van der Waals surface area contributed by atoms with Gasteiger partial charge in [-0.3, -0.25) is 4.79 Å². The maximum Gasteiger partial charge on any atom is 0.261 e. The lowest BCUT2D eigenvalue weighted by atomic mass is 10.2. The van der Waals surface area contributed by atoms with E-state index in [-0.39, 0.29) is 5.91 Å². The summed E-state index contributed by atoms with van der Waals surface area (Å²) in [6.45, 7) is 2.64. The molecule has 0 aliphatic rings. The fourth-order valence-electron chi connectivity index (χ4n) is 0.816. The first kappa shape index (κ1) is 10.5. The molecule has 13 heavy (non-hydrogen) atoms. The first-order valence-corrected chi connectivity index (χ1v) is 5.53. The van der Waals surface area contributed by atoms with Crippen molar-refractivity contribution in [3.05, 3.63) is 22.4 Å². The molecule has 1 atom stereocenters. The van der Waals surface area contributed by atoms with Gasteiger partial charge in [0.1, 0.15) is 0 Å². The number of halogens is 1. The molecule has 1 aromatic rings. The van der Waals surface area contributed by atoms with Gasteiger partial charge in [-0.05, 0) is 17.4 Å². The average Bonchev–Trinajstić information content (AvgIpc) is 2.66. The summed E-state index contributed by atoms with van der Waals surface area (Å²) in [7, 11) is 0. The SMILES string of the molecule is CC(CCl)CNC(=O)c1cccs1. The lowest BCUT2D eigenvalue weighted by molar-refractivity contribution is 0.0953. The number of nitrogens with one attached hydrogen (secondary N) is 1. The van der Waals surface area contributed by atoms with Crippen LogP contribution >= 0.6 is 22.9 Å². The number of carbonyl (C=O) groups is 1. The van der Waals surface area contributed by atoms with Crippen LogP contribution in [-0.4, -0.2) is 18.3 Å². The van der Waals surface area contributed by atoms with E-state index in [1.54, 1.807) is 0 Å². The quantitative estimate of drug-likeness (QED) is 0.771. The van der Waals surface area contributed by atoms with Gasteiger partial charge in [-0.1, -0.05) is 13.0 Å². The van der Waals surface area contributed by atoms with Gasteiger partial charge < -0.3 is 5.32 Å². The normalized spacial score (nSPS) is 12.5. The third-order valence-electron chi connectivity index (χ3n) is 1.62. The lowest BCUT2D eigenvalue weighted by Crippen LogP contribution is -2.28. The first-order valence-electron chi connectivity index (χ1n) is 4.11. The van der Waals surface area contributed by atoms with Crippen LogP contribution in [0.3, 0.4) is 0 Å². The van der Waals surface area contributed by atoms with Crippen LogP contribution in [0, 0.1) is 5.92 Å². The van der Waals surface area contributed by atoms with E-state index in [2.05, 4.69) is 5.32 Å². The highest BCUT2D eigenvalue weighted by Crippen LogP contribution is 2.07. The zero-order valence-electron chi connectivity index (χ0n) is 7.42. The van der Waals surface area contributed by atoms with Crippen LogP contribution in [-0.2, 0) is 0 Å². The van der Waals surface area contributed by atoms with Crippen LogP contribution in [0.1, 0.15) is 16.6 Å². The highest BCUT2D eigenvalue weighted by atomic mass is 35.5. The van der Waals surface area contributed by atoms with E-state index in [0.717, 1.165) is 4.88 Å². The van der Waals surface area contributed by atoms with Crippen LogP contribution < -0.4 is 5.32 Å². The Kier molecular flexibility index (Phi) is 4.25. The predicted molar refractivity (Wildman–Crippen MR) is 56.5 cm³/mol. The molecule has 1 unspecified atom stereocenters. The standard InChI is InChI=1S/C9H12ClNOS/c1-7(5-10)6-11-9(12)8-3-2-4-13-8/h2-4,7H,5-6H2,1H3,(H,11,12). The highest BCUT2D eigenvalue weighted by Gasteiger charge is 2.07. The van der Waals surface area contributed by atoms with Gasteiger partial charge in [0.15, 0.2) is 0 Å². The second kappa shape index (κ2) is 5.25. The summed E-state index contributed by atoms with van der Waals surface area (Å²) in [5.41, 5.74) is 0. The number of rotatable bonds is 4. The Morgan fingerprint density at radius 3 is 3.08 bits per heavy atom. The Morgan fingerprint density at radius 2 is 2.54 bits per heavy atom. The molecule has 1 aromatic heterocycles. The molecule has 1 amide bonds. The first-order chi connectivity index (χ1) is 6.24. The fourth-order valence-corrected chi connectivity index (χ4v) is 1.57. The summed E-state index contributed by atoms with van der Waals surface area (Å²) in [5.74, 6) is 0.891. The van der Waals surface area contributed by atoms with Gasteiger partial charge in [-0.25, -0.2) is 0 Å². The van der Waals surface area contributed by atoms with E-state index in [0.29, 0.717) is 18.3 Å². The Bertz CT molecular complexity index is 261. The summed E-state index contributed by atoms with van der Waals surface area (Å²) in [6, 6.07) is 3.68. The average molecular weight is 218 g/mol. The van der Waals surface area contributed by atoms with Crippen molar-refractivity contribution in [2.75, 3.05) is 12.4 Å². The molecule has 0 bridgehead atoms. The molecule has 0 fully saturated rings. The van der Waals surface area contributed by atoms with Gasteiger partial charge in [-0.2, -0.15) is 0 Å². The van der Waals surface area contributed by atoms with Crippen LogP contribution in [0.25, 0.3) is 0 Å². The Morgan fingerprint density at radius 1 is 1.77 bits per heavy atom. The Hall–Kier alpha value is -0.540. The minimum Gasteiger partial charge on any atom is -0.351 e. The van der Waals surface area contributed by atoms with Crippen molar-refractivity contribution in [1.29, 1.82) is 0 Å². The molecule has 72 valence electrons. The van der Waals surface area contributed by atoms with Crippen molar-refractivity contribution in [2.24, 2.45) is 5.92 Å². The molecule has 0 saturated carbocycles. The summed E-state index contributed by atoms with van der Waals surface area (Å²) < 4.78 is 0. The van der Waals surface area contributed by atoms with Crippen molar-refractivity contribution in [2.45, 2.75) is 6.92 Å². The number of amides is 1. The number of alkyl halides is 1. The summed E-state index contributed by atoms with van der Waals surface area (Å²) in [4.78, 5) is 12.1. The molecular formula is C9H12ClNOS. The van der Waals surface area contributed by atoms with Crippen LogP contribution in [0.4, 0.5) is 0 Å². The topological polar surface area (TPSA) is 29.1 Å². The van der Waals surface area contributed by atoms with E-state index in [1.807, 2.05) is 24.4 Å². The van der Waals surface area contributed by atoms with Crippen molar-refractivity contribution in [3.63, 3.8) is 0 Å². The molecular weight excluding hydrogens is 206 g/mol. The molecule has 0 spiro atoms. The fraction of sp³-hybridized carbons (Fsp3) is 0.444. The highest BCUT2D eigenvalue weighted by molar-refractivity contribution is 7.12. The molecule has 0 saturated heterocycles. The molecule has 2 nitrogen and oxygen atoms in total. The maximum absolute atomic E-state index is 11.4. The van der Waals surface area contributed by atoms with Gasteiger partial charge in [-0.15, -0.1) is 22.9 Å². The van der Waals surface area contributed by atoms with E-state index in [4.69, 9.17) is 11.6 Å². The number of hydrogen-bond acceptors (Lipinski definition) is 2. The van der Waals surface area contributed by atoms with Crippen LogP contribution in [0.15, 0.2) is 17.5 Å². The van der Waals surface area contributed by atoms with E-state index in [9.17, 15) is 4.79 Å². The lowest BCUT2D eigenvalue weighted by Gasteiger charge is -2.07. The van der Waals surface area contributed by atoms with Crippen LogP contribution in [0.5, 0.6) is 0 Å². The Balaban J connectivity index is 2.35. The number of hydrogen-bond donors (Lipinski definition) is 1. The molecule has 0 radical (unpaired) electrons. The summed E-state index contributed by atoms with van der Waals surface area (Å²) in [6.07, 6.45) is 0. The monoisotopic (exact) mass is 217 g/mol. The zero-order chi connectivity index (χ0) is 9.68. The molecule has 1 N–H and O–H groups in total. The van der Waals surface area contributed by atoms with E-state index in [1.165, 1.54) is 11.3 Å². The number of carbonyl (C=O) groups excluding carboxylic acids is 1. The second-order valence-corrected chi connectivity index (χ2v) is 4.20. The summed E-state index contributed by atoms with van der Waals surface area (Å²) >= 11 is 7.06. The molecule has 1 rings (SSSR count). The van der Waals surface area contributed by atoms with Crippen LogP contribution in [0.2, 0.25) is 0 Å². The molecule has 0 aliphatic carbocycles. The van der Waals surface area contributed by atoms with Gasteiger partial charge in [0.25, 0.3) is 5.91 Å². The predicted octanol–water partition coefficient (Wildman–Crippen LogP) is 2.35. The largest absolute Gasteiger partial charge is 0.351 e. The van der Waals surface area contributed by atoms with E-state index >= 15 is 0 Å². The summed E-state index contributed by atoms with van der Waals surface area (Å²) in [5, 5.41) is 4.71. The van der Waals surface area contributed by atoms with Crippen molar-refractivity contribution in [3.8, 4) is 0 Å². The minimum absolute atomic E-state index is 0.00744. The molecule has 0 aromatic carbocycles. The van der Waals surface area contributed by atoms with Crippen molar-refractivity contribution >= 4 is 28.8 Å². The smallest absolute Gasteiger partial charge is 0.261 e. The Labute approximate surface area is 86.9 Å². The van der Waals surface area contributed by atoms with Gasteiger partial charge >= 0.3 is 0 Å². The molecule has 4 heteroatoms. The van der Waals surface area contributed by atoms with Crippen molar-refractivity contribution in [1.82, 2.24) is 5.32 Å². The van der Waals surface area contributed by atoms with E-state index < -0.39 is 0 Å². The van der Waals surface area contributed by atoms with Gasteiger partial charge in [0.2, 0.25) is 0 Å². The second-order valence-electron chi connectivity index (χ2n) is 2.95. The maximum atomic E-state index is 11.4. The minimum atomic E-state index is -0.00744. The molecule has 0 aliphatic heterocycles. The van der Waals surface area contributed by atoms with Gasteiger partial charge in [0, 0.05) is 12.4 Å². The van der Waals surface area contributed by atoms with Gasteiger partial charge in [0.05, 0.1) is 4.88 Å².